The number of carbonyl (C=O) groups is 1. The lowest BCUT2D eigenvalue weighted by Crippen LogP contribution is -2.49. The van der Waals surface area contributed by atoms with Gasteiger partial charge in [0.15, 0.2) is 0 Å². The van der Waals surface area contributed by atoms with Crippen molar-refractivity contribution in [3.63, 3.8) is 0 Å². The van der Waals surface area contributed by atoms with Gasteiger partial charge in [0.05, 0.1) is 5.56 Å². The Hall–Kier alpha value is -2.70. The molecule has 1 amide bonds. The number of anilines is 1. The summed E-state index contributed by atoms with van der Waals surface area (Å²) in [6.07, 6.45) is 5.01. The largest absolute Gasteiger partial charge is 0.337 e. The zero-order valence-electron chi connectivity index (χ0n) is 12.3. The van der Waals surface area contributed by atoms with Crippen molar-refractivity contribution in [2.24, 2.45) is 7.05 Å². The third-order valence-corrected chi connectivity index (χ3v) is 3.73. The molecule has 0 aromatic carbocycles. The van der Waals surface area contributed by atoms with E-state index in [4.69, 9.17) is 0 Å². The maximum Gasteiger partial charge on any atom is 0.255 e. The second kappa shape index (κ2) is 5.97. The van der Waals surface area contributed by atoms with Gasteiger partial charge in [0.25, 0.3) is 5.91 Å². The molecule has 1 saturated heterocycles. The predicted molar refractivity (Wildman–Crippen MR) is 81.8 cm³/mol. The highest BCUT2D eigenvalue weighted by Crippen LogP contribution is 2.12. The van der Waals surface area contributed by atoms with E-state index in [1.54, 1.807) is 42.7 Å². The Kier molecular flexibility index (Phi) is 3.86. The van der Waals surface area contributed by atoms with Gasteiger partial charge in [-0.1, -0.05) is 0 Å². The lowest BCUT2D eigenvalue weighted by atomic mass is 10.2. The molecule has 0 radical (unpaired) electrons. The summed E-state index contributed by atoms with van der Waals surface area (Å²) >= 11 is 0. The monoisotopic (exact) mass is 299 g/mol. The van der Waals surface area contributed by atoms with Gasteiger partial charge in [0.1, 0.15) is 0 Å². The average molecular weight is 299 g/mol. The van der Waals surface area contributed by atoms with Crippen LogP contribution in [0.25, 0.3) is 0 Å². The molecule has 2 aromatic rings. The van der Waals surface area contributed by atoms with Gasteiger partial charge in [-0.2, -0.15) is 0 Å². The molecule has 7 nitrogen and oxygen atoms in total. The summed E-state index contributed by atoms with van der Waals surface area (Å²) in [4.78, 5) is 36.2. The van der Waals surface area contributed by atoms with Crippen molar-refractivity contribution in [2.75, 3.05) is 31.1 Å². The molecule has 0 atom stereocenters. The number of amides is 1. The fraction of sp³-hybridized carbons (Fsp3) is 0.333. The summed E-state index contributed by atoms with van der Waals surface area (Å²) in [6.45, 7) is 2.61. The Bertz CT molecular complexity index is 720. The molecule has 22 heavy (non-hydrogen) atoms. The summed E-state index contributed by atoms with van der Waals surface area (Å²) in [7, 11) is 1.64. The SMILES string of the molecule is Cn1cc(C(=O)N2CCN(c3ncccn3)CC2)ccc1=O. The van der Waals surface area contributed by atoms with Gasteiger partial charge in [0, 0.05) is 57.9 Å². The summed E-state index contributed by atoms with van der Waals surface area (Å²) in [5, 5.41) is 0. The van der Waals surface area contributed by atoms with Gasteiger partial charge < -0.3 is 14.4 Å². The number of hydrogen-bond donors (Lipinski definition) is 0. The zero-order valence-corrected chi connectivity index (χ0v) is 12.3. The van der Waals surface area contributed by atoms with Crippen molar-refractivity contribution < 1.29 is 4.79 Å². The van der Waals surface area contributed by atoms with Gasteiger partial charge in [0.2, 0.25) is 11.5 Å². The van der Waals surface area contributed by atoms with E-state index in [1.807, 2.05) is 0 Å². The molecule has 114 valence electrons. The minimum Gasteiger partial charge on any atom is -0.337 e. The first-order valence-electron chi connectivity index (χ1n) is 7.13. The molecule has 3 heterocycles. The maximum atomic E-state index is 12.5. The lowest BCUT2D eigenvalue weighted by molar-refractivity contribution is 0.0745. The molecule has 1 aliphatic rings. The highest BCUT2D eigenvalue weighted by Gasteiger charge is 2.23. The molecule has 1 aliphatic heterocycles. The highest BCUT2D eigenvalue weighted by molar-refractivity contribution is 5.94. The van der Waals surface area contributed by atoms with Gasteiger partial charge in [-0.3, -0.25) is 9.59 Å². The Morgan fingerprint density at radius 3 is 2.41 bits per heavy atom. The highest BCUT2D eigenvalue weighted by atomic mass is 16.2. The molecule has 7 heteroatoms. The summed E-state index contributed by atoms with van der Waals surface area (Å²) < 4.78 is 1.42. The van der Waals surface area contributed by atoms with Crippen molar-refractivity contribution in [2.45, 2.75) is 0 Å². The van der Waals surface area contributed by atoms with E-state index in [2.05, 4.69) is 14.9 Å². The van der Waals surface area contributed by atoms with Gasteiger partial charge in [-0.25, -0.2) is 9.97 Å². The van der Waals surface area contributed by atoms with E-state index < -0.39 is 0 Å². The number of pyridine rings is 1. The molecule has 0 unspecified atom stereocenters. The van der Waals surface area contributed by atoms with Crippen LogP contribution in [0.4, 0.5) is 5.95 Å². The number of rotatable bonds is 2. The van der Waals surface area contributed by atoms with E-state index in [1.165, 1.54) is 10.6 Å². The van der Waals surface area contributed by atoms with Crippen LogP contribution in [-0.4, -0.2) is 51.5 Å². The molecule has 0 aliphatic carbocycles. The normalized spacial score (nSPS) is 15.0. The molecule has 1 fully saturated rings. The molecule has 0 saturated carbocycles. The Balaban J connectivity index is 1.67. The number of piperazine rings is 1. The van der Waals surface area contributed by atoms with E-state index >= 15 is 0 Å². The summed E-state index contributed by atoms with van der Waals surface area (Å²) in [6, 6.07) is 4.78. The van der Waals surface area contributed by atoms with E-state index in [-0.39, 0.29) is 11.5 Å². The van der Waals surface area contributed by atoms with Crippen LogP contribution >= 0.6 is 0 Å². The first-order valence-corrected chi connectivity index (χ1v) is 7.13. The standard InChI is InChI=1S/C15H17N5O2/c1-18-11-12(3-4-13(18)21)14(22)19-7-9-20(10-8-19)15-16-5-2-6-17-15/h2-6,11H,7-10H2,1H3. The zero-order chi connectivity index (χ0) is 15.5. The summed E-state index contributed by atoms with van der Waals surface area (Å²) in [5.41, 5.74) is 0.411. The van der Waals surface area contributed by atoms with Crippen LogP contribution in [0.5, 0.6) is 0 Å². The van der Waals surface area contributed by atoms with E-state index in [0.717, 1.165) is 0 Å². The van der Waals surface area contributed by atoms with Crippen LogP contribution in [0, 0.1) is 0 Å². The van der Waals surface area contributed by atoms with Crippen molar-refractivity contribution in [1.82, 2.24) is 19.4 Å². The van der Waals surface area contributed by atoms with Gasteiger partial charge >= 0.3 is 0 Å². The molecule has 3 rings (SSSR count). The van der Waals surface area contributed by atoms with Crippen LogP contribution in [-0.2, 0) is 7.05 Å². The van der Waals surface area contributed by atoms with Gasteiger partial charge in [-0.15, -0.1) is 0 Å². The number of carbonyl (C=O) groups excluding carboxylic acids is 1. The van der Waals surface area contributed by atoms with Crippen LogP contribution in [0.15, 0.2) is 41.6 Å². The first kappa shape index (κ1) is 14.2. The van der Waals surface area contributed by atoms with Crippen molar-refractivity contribution in [1.29, 1.82) is 0 Å². The topological polar surface area (TPSA) is 71.3 Å². The third kappa shape index (κ3) is 2.83. The Morgan fingerprint density at radius 2 is 1.77 bits per heavy atom. The molecule has 0 spiro atoms. The number of nitrogens with zero attached hydrogens (tertiary/aromatic N) is 5. The molecule has 2 aromatic heterocycles. The molecular formula is C15H17N5O2. The first-order chi connectivity index (χ1) is 10.6. The van der Waals surface area contributed by atoms with Gasteiger partial charge in [-0.05, 0) is 12.1 Å². The van der Waals surface area contributed by atoms with Crippen molar-refractivity contribution >= 4 is 11.9 Å². The van der Waals surface area contributed by atoms with Crippen molar-refractivity contribution in [3.05, 3.63) is 52.7 Å². The van der Waals surface area contributed by atoms with Crippen LogP contribution in [0.3, 0.4) is 0 Å². The van der Waals surface area contributed by atoms with Crippen LogP contribution in [0.2, 0.25) is 0 Å². The number of aryl methyl sites for hydroxylation is 1. The Labute approximate surface area is 127 Å². The lowest BCUT2D eigenvalue weighted by Gasteiger charge is -2.34. The third-order valence-electron chi connectivity index (χ3n) is 3.73. The number of hydrogen-bond acceptors (Lipinski definition) is 5. The van der Waals surface area contributed by atoms with E-state index in [0.29, 0.717) is 37.7 Å². The number of aromatic nitrogens is 3. The quantitative estimate of drug-likeness (QED) is 0.789. The van der Waals surface area contributed by atoms with E-state index in [9.17, 15) is 9.59 Å². The second-order valence-electron chi connectivity index (χ2n) is 5.19. The Morgan fingerprint density at radius 1 is 1.09 bits per heavy atom. The van der Waals surface area contributed by atoms with Crippen molar-refractivity contribution in [3.8, 4) is 0 Å². The minimum atomic E-state index is -0.123. The minimum absolute atomic E-state index is 0.0516. The predicted octanol–water partition coefficient (Wildman–Crippen LogP) is 0.138. The molecular weight excluding hydrogens is 282 g/mol. The fourth-order valence-corrected chi connectivity index (χ4v) is 2.47. The average Bonchev–Trinajstić information content (AvgIpc) is 2.58. The fourth-order valence-electron chi connectivity index (χ4n) is 2.47. The van der Waals surface area contributed by atoms with Crippen LogP contribution < -0.4 is 10.5 Å². The maximum absolute atomic E-state index is 12.5. The molecule has 0 N–H and O–H groups in total. The second-order valence-corrected chi connectivity index (χ2v) is 5.19. The summed E-state index contributed by atoms with van der Waals surface area (Å²) in [5.74, 6) is 0.640. The molecule has 0 bridgehead atoms. The smallest absolute Gasteiger partial charge is 0.255 e. The van der Waals surface area contributed by atoms with Crippen LogP contribution in [0.1, 0.15) is 10.4 Å².